The summed E-state index contributed by atoms with van der Waals surface area (Å²) >= 11 is 0. The number of alkyl halides is 3. The molecule has 2 aliphatic heterocycles. The van der Waals surface area contributed by atoms with Gasteiger partial charge in [0.15, 0.2) is 0 Å². The van der Waals surface area contributed by atoms with Gasteiger partial charge in [-0.15, -0.1) is 0 Å². The first-order valence-corrected chi connectivity index (χ1v) is 9.39. The molecule has 2 amide bonds. The first-order chi connectivity index (χ1) is 13.3. The molecule has 0 aromatic heterocycles. The fourth-order valence-corrected chi connectivity index (χ4v) is 3.72. The molecule has 0 spiro atoms. The van der Waals surface area contributed by atoms with E-state index < -0.39 is 18.0 Å². The van der Waals surface area contributed by atoms with Gasteiger partial charge in [-0.25, -0.2) is 0 Å². The third-order valence-electron chi connectivity index (χ3n) is 5.31. The summed E-state index contributed by atoms with van der Waals surface area (Å²) in [6, 6.07) is 5.61. The Morgan fingerprint density at radius 3 is 2.32 bits per heavy atom. The Kier molecular flexibility index (Phi) is 6.00. The summed E-state index contributed by atoms with van der Waals surface area (Å²) in [5, 5.41) is 2.85. The van der Waals surface area contributed by atoms with Crippen molar-refractivity contribution in [3.8, 4) is 5.75 Å². The monoisotopic (exact) mass is 399 g/mol. The van der Waals surface area contributed by atoms with Crippen LogP contribution in [0, 0.1) is 5.92 Å². The van der Waals surface area contributed by atoms with Crippen LogP contribution in [0.1, 0.15) is 25.7 Å². The molecule has 2 aliphatic rings. The second-order valence-corrected chi connectivity index (χ2v) is 7.13. The number of likely N-dealkylation sites (tertiary alicyclic amines) is 1. The maximum Gasteiger partial charge on any atom is 0.471 e. The molecule has 2 saturated heterocycles. The summed E-state index contributed by atoms with van der Waals surface area (Å²) in [5.74, 6) is -2.03. The number of methoxy groups -OCH3 is 1. The number of carbonyl (C=O) groups is 2. The standard InChI is InChI=1S/C19H24F3N3O3/c1-28-16-5-4-14(24-8-2-3-9-24)12-15(16)23-17(26)13-6-10-25(11-7-13)18(27)19(20,21)22/h4-5,12-13H,2-3,6-11H2,1H3,(H,23,26). The largest absolute Gasteiger partial charge is 0.495 e. The molecule has 2 fully saturated rings. The number of carbonyl (C=O) groups excluding carboxylic acids is 2. The Morgan fingerprint density at radius 2 is 1.75 bits per heavy atom. The van der Waals surface area contributed by atoms with Crippen molar-refractivity contribution in [3.05, 3.63) is 18.2 Å². The van der Waals surface area contributed by atoms with Crippen LogP contribution >= 0.6 is 0 Å². The van der Waals surface area contributed by atoms with Crippen LogP contribution in [0.2, 0.25) is 0 Å². The maximum atomic E-state index is 12.6. The van der Waals surface area contributed by atoms with Crippen molar-refractivity contribution in [2.24, 2.45) is 5.92 Å². The van der Waals surface area contributed by atoms with E-state index in [1.54, 1.807) is 6.07 Å². The molecule has 1 aromatic carbocycles. The van der Waals surface area contributed by atoms with Crippen LogP contribution in [0.4, 0.5) is 24.5 Å². The molecular weight excluding hydrogens is 375 g/mol. The second-order valence-electron chi connectivity index (χ2n) is 7.13. The number of nitrogens with one attached hydrogen (secondary N) is 1. The van der Waals surface area contributed by atoms with E-state index in [-0.39, 0.29) is 31.8 Å². The van der Waals surface area contributed by atoms with Gasteiger partial charge in [-0.1, -0.05) is 0 Å². The zero-order valence-electron chi connectivity index (χ0n) is 15.7. The first kappa shape index (κ1) is 20.3. The Balaban J connectivity index is 1.63. The Labute approximate surface area is 161 Å². The zero-order valence-corrected chi connectivity index (χ0v) is 15.7. The van der Waals surface area contributed by atoms with E-state index in [1.165, 1.54) is 7.11 Å². The third-order valence-corrected chi connectivity index (χ3v) is 5.31. The van der Waals surface area contributed by atoms with Gasteiger partial charge in [0.05, 0.1) is 12.8 Å². The Morgan fingerprint density at radius 1 is 1.11 bits per heavy atom. The lowest BCUT2D eigenvalue weighted by atomic mass is 9.95. The van der Waals surface area contributed by atoms with Gasteiger partial charge >= 0.3 is 12.1 Å². The average molecular weight is 399 g/mol. The molecule has 1 aromatic rings. The van der Waals surface area contributed by atoms with Crippen LogP contribution < -0.4 is 15.0 Å². The van der Waals surface area contributed by atoms with Crippen LogP contribution in [0.3, 0.4) is 0 Å². The summed E-state index contributed by atoms with van der Waals surface area (Å²) in [4.78, 5) is 26.9. The van der Waals surface area contributed by atoms with Gasteiger partial charge in [0.25, 0.3) is 0 Å². The molecule has 0 unspecified atom stereocenters. The van der Waals surface area contributed by atoms with Crippen molar-refractivity contribution in [2.75, 3.05) is 43.5 Å². The van der Waals surface area contributed by atoms with Crippen LogP contribution in [0.15, 0.2) is 18.2 Å². The molecular formula is C19H24F3N3O3. The smallest absolute Gasteiger partial charge is 0.471 e. The fourth-order valence-electron chi connectivity index (χ4n) is 3.72. The molecule has 2 heterocycles. The highest BCUT2D eigenvalue weighted by molar-refractivity contribution is 5.95. The van der Waals surface area contributed by atoms with Crippen molar-refractivity contribution in [1.82, 2.24) is 4.90 Å². The van der Waals surface area contributed by atoms with Crippen LogP contribution in [-0.4, -0.2) is 56.2 Å². The number of anilines is 2. The van der Waals surface area contributed by atoms with E-state index >= 15 is 0 Å². The number of piperidine rings is 1. The van der Waals surface area contributed by atoms with Gasteiger partial charge in [0.1, 0.15) is 5.75 Å². The number of nitrogens with zero attached hydrogens (tertiary/aromatic N) is 2. The van der Waals surface area contributed by atoms with Crippen LogP contribution in [0.5, 0.6) is 5.75 Å². The molecule has 28 heavy (non-hydrogen) atoms. The number of hydrogen-bond donors (Lipinski definition) is 1. The van der Waals surface area contributed by atoms with Gasteiger partial charge in [-0.2, -0.15) is 13.2 Å². The first-order valence-electron chi connectivity index (χ1n) is 9.39. The van der Waals surface area contributed by atoms with E-state index in [0.717, 1.165) is 36.5 Å². The van der Waals surface area contributed by atoms with Gasteiger partial charge in [-0.05, 0) is 43.9 Å². The van der Waals surface area contributed by atoms with Crippen molar-refractivity contribution >= 4 is 23.2 Å². The van der Waals surface area contributed by atoms with Crippen LogP contribution in [-0.2, 0) is 9.59 Å². The molecule has 0 saturated carbocycles. The molecule has 0 atom stereocenters. The van der Waals surface area contributed by atoms with Crippen molar-refractivity contribution in [2.45, 2.75) is 31.9 Å². The van der Waals surface area contributed by atoms with Gasteiger partial charge in [0, 0.05) is 37.8 Å². The van der Waals surface area contributed by atoms with Crippen LogP contribution in [0.25, 0.3) is 0 Å². The number of rotatable bonds is 4. The summed E-state index contributed by atoms with van der Waals surface area (Å²) in [6.07, 6.45) is -2.23. The fraction of sp³-hybridized carbons (Fsp3) is 0.579. The normalized spacial score (nSPS) is 18.3. The second kappa shape index (κ2) is 8.28. The average Bonchev–Trinajstić information content (AvgIpc) is 3.21. The van der Waals surface area contributed by atoms with Crippen molar-refractivity contribution < 1.29 is 27.5 Å². The summed E-state index contributed by atoms with van der Waals surface area (Å²) in [5.41, 5.74) is 1.55. The Hall–Kier alpha value is -2.45. The maximum absolute atomic E-state index is 12.6. The SMILES string of the molecule is COc1ccc(N2CCCC2)cc1NC(=O)C1CCN(C(=O)C(F)(F)F)CC1. The number of benzene rings is 1. The lowest BCUT2D eigenvalue weighted by Crippen LogP contribution is -2.46. The summed E-state index contributed by atoms with van der Waals surface area (Å²) < 4.78 is 42.9. The van der Waals surface area contributed by atoms with E-state index in [1.807, 2.05) is 12.1 Å². The lowest BCUT2D eigenvalue weighted by Gasteiger charge is -2.31. The zero-order chi connectivity index (χ0) is 20.3. The van der Waals surface area contributed by atoms with Gasteiger partial charge in [0.2, 0.25) is 5.91 Å². The number of ether oxygens (including phenoxy) is 1. The van der Waals surface area contributed by atoms with E-state index in [9.17, 15) is 22.8 Å². The van der Waals surface area contributed by atoms with E-state index in [2.05, 4.69) is 10.2 Å². The topological polar surface area (TPSA) is 61.9 Å². The minimum Gasteiger partial charge on any atom is -0.495 e. The van der Waals surface area contributed by atoms with Crippen molar-refractivity contribution in [3.63, 3.8) is 0 Å². The van der Waals surface area contributed by atoms with Gasteiger partial charge in [-0.3, -0.25) is 9.59 Å². The minimum atomic E-state index is -4.88. The number of amides is 2. The molecule has 0 bridgehead atoms. The number of hydrogen-bond acceptors (Lipinski definition) is 4. The van der Waals surface area contributed by atoms with E-state index in [0.29, 0.717) is 11.4 Å². The quantitative estimate of drug-likeness (QED) is 0.846. The van der Waals surface area contributed by atoms with E-state index in [4.69, 9.17) is 4.74 Å². The number of halogens is 3. The highest BCUT2D eigenvalue weighted by atomic mass is 19.4. The minimum absolute atomic E-state index is 0.0820. The Bertz CT molecular complexity index is 725. The predicted molar refractivity (Wildman–Crippen MR) is 98.4 cm³/mol. The molecule has 1 N–H and O–H groups in total. The predicted octanol–water partition coefficient (Wildman–Crippen LogP) is 3.03. The third kappa shape index (κ3) is 4.51. The van der Waals surface area contributed by atoms with Gasteiger partial charge < -0.3 is 19.9 Å². The van der Waals surface area contributed by atoms with Crippen molar-refractivity contribution in [1.29, 1.82) is 0 Å². The lowest BCUT2D eigenvalue weighted by molar-refractivity contribution is -0.186. The summed E-state index contributed by atoms with van der Waals surface area (Å²) in [6.45, 7) is 1.76. The molecule has 9 heteroatoms. The highest BCUT2D eigenvalue weighted by Gasteiger charge is 2.43. The molecule has 6 nitrogen and oxygen atoms in total. The highest BCUT2D eigenvalue weighted by Crippen LogP contribution is 2.32. The molecule has 154 valence electrons. The summed E-state index contributed by atoms with van der Waals surface area (Å²) in [7, 11) is 1.52. The molecule has 0 radical (unpaired) electrons. The molecule has 0 aliphatic carbocycles. The molecule has 3 rings (SSSR count).